The summed E-state index contributed by atoms with van der Waals surface area (Å²) in [5, 5.41) is 4.84. The van der Waals surface area contributed by atoms with E-state index in [4.69, 9.17) is 0 Å². The summed E-state index contributed by atoms with van der Waals surface area (Å²) in [5.41, 5.74) is 0.682. The number of hydrogen-bond donors (Lipinski definition) is 2. The monoisotopic (exact) mass is 383 g/mol. The summed E-state index contributed by atoms with van der Waals surface area (Å²) in [6, 6.07) is 8.89. The zero-order valence-electron chi connectivity index (χ0n) is 13.3. The Labute approximate surface area is 149 Å². The lowest BCUT2D eigenvalue weighted by Crippen LogP contribution is -2.51. The van der Waals surface area contributed by atoms with Gasteiger partial charge < -0.3 is 10.2 Å². The van der Waals surface area contributed by atoms with Gasteiger partial charge in [0.25, 0.3) is 10.0 Å². The highest BCUT2D eigenvalue weighted by atomic mass is 32.2. The zero-order chi connectivity index (χ0) is 17.9. The van der Waals surface area contributed by atoms with E-state index in [2.05, 4.69) is 10.0 Å². The first-order valence-electron chi connectivity index (χ1n) is 7.76. The van der Waals surface area contributed by atoms with E-state index in [0.29, 0.717) is 25.2 Å². The van der Waals surface area contributed by atoms with Crippen molar-refractivity contribution in [3.05, 3.63) is 53.2 Å². The second-order valence-corrected chi connectivity index (χ2v) is 8.56. The molecule has 1 atom stereocenters. The number of nitrogens with one attached hydrogen (secondary N) is 2. The summed E-state index contributed by atoms with van der Waals surface area (Å²) in [6.45, 7) is 1.20. The second-order valence-electron chi connectivity index (χ2n) is 5.62. The summed E-state index contributed by atoms with van der Waals surface area (Å²) in [7, 11) is -3.69. The minimum Gasteiger partial charge on any atom is -0.332 e. The normalized spacial score (nSPS) is 18.3. The van der Waals surface area contributed by atoms with E-state index < -0.39 is 10.0 Å². The fraction of sp³-hybridized carbons (Fsp3) is 0.312. The van der Waals surface area contributed by atoms with Gasteiger partial charge in [0.2, 0.25) is 5.91 Å². The van der Waals surface area contributed by atoms with Crippen LogP contribution in [-0.2, 0) is 14.8 Å². The zero-order valence-corrected chi connectivity index (χ0v) is 14.9. The van der Waals surface area contributed by atoms with Crippen LogP contribution >= 0.6 is 11.3 Å². The van der Waals surface area contributed by atoms with Gasteiger partial charge >= 0.3 is 0 Å². The Balaban J connectivity index is 1.71. The third-order valence-corrected chi connectivity index (χ3v) is 6.77. The number of benzene rings is 1. The van der Waals surface area contributed by atoms with Gasteiger partial charge in [0.1, 0.15) is 10.0 Å². The SMILES string of the molecule is O=C(CNS(=O)(=O)c1cccs1)N1CCNCC1c1cccc(F)c1. The van der Waals surface area contributed by atoms with E-state index in [0.717, 1.165) is 11.3 Å². The minimum absolute atomic E-state index is 0.169. The molecular formula is C16H18FN3O3S2. The number of nitrogens with zero attached hydrogens (tertiary/aromatic N) is 1. The van der Waals surface area contributed by atoms with Gasteiger partial charge in [-0.2, -0.15) is 0 Å². The molecule has 2 aromatic rings. The topological polar surface area (TPSA) is 78.5 Å². The van der Waals surface area contributed by atoms with Crippen LogP contribution in [0.25, 0.3) is 0 Å². The van der Waals surface area contributed by atoms with Crippen LogP contribution in [0, 0.1) is 5.82 Å². The van der Waals surface area contributed by atoms with Crippen LogP contribution in [-0.4, -0.2) is 45.4 Å². The fourth-order valence-corrected chi connectivity index (χ4v) is 4.77. The first-order chi connectivity index (χ1) is 12.0. The Morgan fingerprint density at radius 1 is 1.36 bits per heavy atom. The van der Waals surface area contributed by atoms with Gasteiger partial charge in [0, 0.05) is 19.6 Å². The van der Waals surface area contributed by atoms with Crippen LogP contribution < -0.4 is 10.0 Å². The summed E-state index contributed by atoms with van der Waals surface area (Å²) >= 11 is 1.09. The molecule has 0 bridgehead atoms. The maximum Gasteiger partial charge on any atom is 0.250 e. The summed E-state index contributed by atoms with van der Waals surface area (Å²) in [4.78, 5) is 14.1. The van der Waals surface area contributed by atoms with Crippen molar-refractivity contribution >= 4 is 27.3 Å². The molecule has 1 aliphatic heterocycles. The van der Waals surface area contributed by atoms with Crippen molar-refractivity contribution in [3.8, 4) is 0 Å². The predicted molar refractivity (Wildman–Crippen MR) is 93.2 cm³/mol. The van der Waals surface area contributed by atoms with Crippen LogP contribution in [0.2, 0.25) is 0 Å². The number of piperazine rings is 1. The summed E-state index contributed by atoms with van der Waals surface area (Å²) in [5.74, 6) is -0.704. The van der Waals surface area contributed by atoms with Crippen molar-refractivity contribution in [2.75, 3.05) is 26.2 Å². The smallest absolute Gasteiger partial charge is 0.250 e. The molecule has 0 spiro atoms. The number of carbonyl (C=O) groups is 1. The van der Waals surface area contributed by atoms with Crippen LogP contribution in [0.3, 0.4) is 0 Å². The lowest BCUT2D eigenvalue weighted by molar-refractivity contribution is -0.133. The molecule has 2 N–H and O–H groups in total. The Hall–Kier alpha value is -1.81. The Morgan fingerprint density at radius 3 is 2.92 bits per heavy atom. The highest BCUT2D eigenvalue weighted by molar-refractivity contribution is 7.91. The number of thiophene rings is 1. The molecule has 0 saturated carbocycles. The quantitative estimate of drug-likeness (QED) is 0.817. The molecular weight excluding hydrogens is 365 g/mol. The van der Waals surface area contributed by atoms with Gasteiger partial charge in [-0.05, 0) is 29.1 Å². The van der Waals surface area contributed by atoms with E-state index in [9.17, 15) is 17.6 Å². The average Bonchev–Trinajstić information content (AvgIpc) is 3.15. The van der Waals surface area contributed by atoms with Crippen molar-refractivity contribution in [3.63, 3.8) is 0 Å². The first kappa shape index (κ1) is 18.0. The minimum atomic E-state index is -3.69. The maximum absolute atomic E-state index is 13.5. The number of halogens is 1. The van der Waals surface area contributed by atoms with Crippen molar-refractivity contribution in [1.82, 2.24) is 14.9 Å². The van der Waals surface area contributed by atoms with Crippen LogP contribution in [0.15, 0.2) is 46.0 Å². The third kappa shape index (κ3) is 4.24. The van der Waals surface area contributed by atoms with Crippen LogP contribution in [0.5, 0.6) is 0 Å². The molecule has 0 aliphatic carbocycles. The molecule has 25 heavy (non-hydrogen) atoms. The van der Waals surface area contributed by atoms with Gasteiger partial charge in [-0.25, -0.2) is 17.5 Å². The third-order valence-electron chi connectivity index (χ3n) is 3.97. The van der Waals surface area contributed by atoms with Crippen LogP contribution in [0.1, 0.15) is 11.6 Å². The van der Waals surface area contributed by atoms with Crippen molar-refractivity contribution in [2.45, 2.75) is 10.3 Å². The summed E-state index contributed by atoms with van der Waals surface area (Å²) in [6.07, 6.45) is 0. The van der Waals surface area contributed by atoms with Gasteiger partial charge in [-0.1, -0.05) is 18.2 Å². The lowest BCUT2D eigenvalue weighted by Gasteiger charge is -2.36. The number of carbonyl (C=O) groups excluding carboxylic acids is 1. The van der Waals surface area contributed by atoms with Gasteiger partial charge in [-0.3, -0.25) is 4.79 Å². The van der Waals surface area contributed by atoms with Crippen LogP contribution in [0.4, 0.5) is 4.39 Å². The van der Waals surface area contributed by atoms with Gasteiger partial charge in [0.05, 0.1) is 12.6 Å². The Bertz CT molecular complexity index is 840. The molecule has 1 fully saturated rings. The Morgan fingerprint density at radius 2 is 2.20 bits per heavy atom. The average molecular weight is 383 g/mol. The molecule has 1 saturated heterocycles. The molecule has 1 aromatic carbocycles. The van der Waals surface area contributed by atoms with E-state index in [1.54, 1.807) is 28.5 Å². The molecule has 1 aliphatic rings. The number of sulfonamides is 1. The number of amides is 1. The standard InChI is InChI=1S/C16H18FN3O3S2/c17-13-4-1-3-12(9-13)14-10-18-6-7-20(14)15(21)11-19-25(22,23)16-5-2-8-24-16/h1-5,8-9,14,18-19H,6-7,10-11H2. The summed E-state index contributed by atoms with van der Waals surface area (Å²) < 4.78 is 40.3. The fourth-order valence-electron chi connectivity index (χ4n) is 2.76. The maximum atomic E-state index is 13.5. The van der Waals surface area contributed by atoms with E-state index in [1.807, 2.05) is 0 Å². The molecule has 0 radical (unpaired) electrons. The molecule has 6 nitrogen and oxygen atoms in total. The lowest BCUT2D eigenvalue weighted by atomic mass is 10.0. The van der Waals surface area contributed by atoms with E-state index in [-0.39, 0.29) is 28.5 Å². The second kappa shape index (κ2) is 7.61. The highest BCUT2D eigenvalue weighted by Crippen LogP contribution is 2.23. The first-order valence-corrected chi connectivity index (χ1v) is 10.1. The van der Waals surface area contributed by atoms with Gasteiger partial charge in [-0.15, -0.1) is 11.3 Å². The van der Waals surface area contributed by atoms with E-state index >= 15 is 0 Å². The van der Waals surface area contributed by atoms with Crippen molar-refractivity contribution in [1.29, 1.82) is 0 Å². The molecule has 1 amide bonds. The largest absolute Gasteiger partial charge is 0.332 e. The Kier molecular flexibility index (Phi) is 5.48. The molecule has 3 rings (SSSR count). The predicted octanol–water partition coefficient (Wildman–Crippen LogP) is 1.34. The molecule has 1 unspecified atom stereocenters. The molecule has 9 heteroatoms. The van der Waals surface area contributed by atoms with Gasteiger partial charge in [0.15, 0.2) is 0 Å². The van der Waals surface area contributed by atoms with Crippen molar-refractivity contribution < 1.29 is 17.6 Å². The van der Waals surface area contributed by atoms with E-state index in [1.165, 1.54) is 18.2 Å². The van der Waals surface area contributed by atoms with Crippen molar-refractivity contribution in [2.24, 2.45) is 0 Å². The molecule has 134 valence electrons. The molecule has 2 heterocycles. The number of hydrogen-bond acceptors (Lipinski definition) is 5. The number of rotatable bonds is 5. The highest BCUT2D eigenvalue weighted by Gasteiger charge is 2.29. The molecule has 1 aromatic heterocycles.